The van der Waals surface area contributed by atoms with Crippen molar-refractivity contribution in [1.29, 1.82) is 0 Å². The van der Waals surface area contributed by atoms with E-state index in [1.165, 1.54) is 6.07 Å². The summed E-state index contributed by atoms with van der Waals surface area (Å²) in [4.78, 5) is 3.48. The summed E-state index contributed by atoms with van der Waals surface area (Å²) >= 11 is 5.51. The number of halogens is 3. The van der Waals surface area contributed by atoms with E-state index in [-0.39, 0.29) is 23.9 Å². The zero-order valence-electron chi connectivity index (χ0n) is 7.17. The maximum absolute atomic E-state index is 12.5. The minimum atomic E-state index is -2.74. The molecule has 0 bridgehead atoms. The number of aliphatic hydroxyl groups is 1. The van der Waals surface area contributed by atoms with Crippen LogP contribution in [0, 0.1) is 0 Å². The lowest BCUT2D eigenvalue weighted by molar-refractivity contribution is 0.144. The Kier molecular flexibility index (Phi) is 3.74. The Morgan fingerprint density at radius 2 is 2.21 bits per heavy atom. The van der Waals surface area contributed by atoms with Crippen LogP contribution in [-0.2, 0) is 13.2 Å². The largest absolute Gasteiger partial charge is 0.392 e. The molecule has 0 saturated carbocycles. The molecular formula is C8H9ClF2N2O. The molecule has 1 heterocycles. The quantitative estimate of drug-likeness (QED) is 0.765. The van der Waals surface area contributed by atoms with Crippen molar-refractivity contribution >= 4 is 11.6 Å². The second kappa shape index (κ2) is 4.63. The molecule has 3 N–H and O–H groups in total. The van der Waals surface area contributed by atoms with E-state index in [2.05, 4.69) is 4.98 Å². The standard InChI is InChI=1S/C8H9ClF2N2O/c9-6-1-4(3-14)5(2-12)7(13-6)8(10)11/h1,8,14H,2-3,12H2. The summed E-state index contributed by atoms with van der Waals surface area (Å²) in [5.74, 6) is 0. The van der Waals surface area contributed by atoms with Gasteiger partial charge in [-0.3, -0.25) is 0 Å². The van der Waals surface area contributed by atoms with Gasteiger partial charge in [-0.15, -0.1) is 0 Å². The van der Waals surface area contributed by atoms with Gasteiger partial charge < -0.3 is 10.8 Å². The van der Waals surface area contributed by atoms with Crippen molar-refractivity contribution in [1.82, 2.24) is 4.98 Å². The highest BCUT2D eigenvalue weighted by Gasteiger charge is 2.17. The van der Waals surface area contributed by atoms with Crippen LogP contribution in [-0.4, -0.2) is 10.1 Å². The molecular weight excluding hydrogens is 214 g/mol. The number of rotatable bonds is 3. The first-order valence-electron chi connectivity index (χ1n) is 3.87. The highest BCUT2D eigenvalue weighted by molar-refractivity contribution is 6.29. The number of alkyl halides is 2. The molecule has 0 unspecified atom stereocenters. The number of nitrogens with two attached hydrogens (primary N) is 1. The smallest absolute Gasteiger partial charge is 0.280 e. The topological polar surface area (TPSA) is 59.1 Å². The van der Waals surface area contributed by atoms with Crippen molar-refractivity contribution in [3.63, 3.8) is 0 Å². The van der Waals surface area contributed by atoms with Crippen LogP contribution in [0.25, 0.3) is 0 Å². The second-order valence-corrected chi connectivity index (χ2v) is 3.02. The fourth-order valence-electron chi connectivity index (χ4n) is 1.17. The van der Waals surface area contributed by atoms with Gasteiger partial charge in [0.05, 0.1) is 6.61 Å². The molecule has 0 aliphatic carbocycles. The van der Waals surface area contributed by atoms with Crippen molar-refractivity contribution in [3.05, 3.63) is 28.0 Å². The van der Waals surface area contributed by atoms with Gasteiger partial charge in [-0.1, -0.05) is 11.6 Å². The Hall–Kier alpha value is -0.780. The van der Waals surface area contributed by atoms with Crippen LogP contribution in [0.4, 0.5) is 8.78 Å². The number of hydrogen-bond acceptors (Lipinski definition) is 3. The van der Waals surface area contributed by atoms with Crippen molar-refractivity contribution in [3.8, 4) is 0 Å². The first kappa shape index (κ1) is 11.3. The summed E-state index contributed by atoms with van der Waals surface area (Å²) in [7, 11) is 0. The fourth-order valence-corrected chi connectivity index (χ4v) is 1.39. The van der Waals surface area contributed by atoms with E-state index >= 15 is 0 Å². The van der Waals surface area contributed by atoms with Gasteiger partial charge >= 0.3 is 0 Å². The number of aromatic nitrogens is 1. The third-order valence-corrected chi connectivity index (χ3v) is 1.99. The molecule has 1 rings (SSSR count). The molecule has 0 fully saturated rings. The molecule has 0 atom stereocenters. The lowest BCUT2D eigenvalue weighted by Gasteiger charge is -2.10. The van der Waals surface area contributed by atoms with Crippen molar-refractivity contribution < 1.29 is 13.9 Å². The van der Waals surface area contributed by atoms with Gasteiger partial charge in [-0.05, 0) is 17.2 Å². The average Bonchev–Trinajstić information content (AvgIpc) is 2.16. The molecule has 1 aromatic rings. The summed E-state index contributed by atoms with van der Waals surface area (Å²) in [6, 6.07) is 1.33. The minimum Gasteiger partial charge on any atom is -0.392 e. The number of hydrogen-bond donors (Lipinski definition) is 2. The Bertz CT molecular complexity index is 333. The summed E-state index contributed by atoms with van der Waals surface area (Å²) in [5, 5.41) is 8.83. The van der Waals surface area contributed by atoms with Crippen LogP contribution in [0.2, 0.25) is 5.15 Å². The van der Waals surface area contributed by atoms with Crippen LogP contribution >= 0.6 is 11.6 Å². The van der Waals surface area contributed by atoms with Gasteiger partial charge in [0.2, 0.25) is 0 Å². The van der Waals surface area contributed by atoms with Crippen LogP contribution in [0.1, 0.15) is 23.2 Å². The monoisotopic (exact) mass is 222 g/mol. The van der Waals surface area contributed by atoms with Crippen LogP contribution in [0.3, 0.4) is 0 Å². The van der Waals surface area contributed by atoms with Gasteiger partial charge in [0.15, 0.2) is 0 Å². The molecule has 0 radical (unpaired) electrons. The lowest BCUT2D eigenvalue weighted by atomic mass is 10.1. The van der Waals surface area contributed by atoms with E-state index in [1.54, 1.807) is 0 Å². The lowest BCUT2D eigenvalue weighted by Crippen LogP contribution is -2.09. The summed E-state index contributed by atoms with van der Waals surface area (Å²) in [6.45, 7) is -0.478. The Morgan fingerprint density at radius 1 is 1.57 bits per heavy atom. The fraction of sp³-hybridized carbons (Fsp3) is 0.375. The molecule has 78 valence electrons. The van der Waals surface area contributed by atoms with Gasteiger partial charge in [0.1, 0.15) is 10.8 Å². The Labute approximate surface area is 84.5 Å². The molecule has 0 saturated heterocycles. The van der Waals surface area contributed by atoms with E-state index in [9.17, 15) is 8.78 Å². The molecule has 0 aliphatic heterocycles. The van der Waals surface area contributed by atoms with E-state index < -0.39 is 12.1 Å². The van der Waals surface area contributed by atoms with E-state index in [0.717, 1.165) is 0 Å². The van der Waals surface area contributed by atoms with Gasteiger partial charge in [-0.2, -0.15) is 0 Å². The molecule has 1 aromatic heterocycles. The molecule has 0 aliphatic rings. The van der Waals surface area contributed by atoms with Gasteiger partial charge in [-0.25, -0.2) is 13.8 Å². The second-order valence-electron chi connectivity index (χ2n) is 2.63. The molecule has 0 aromatic carbocycles. The highest BCUT2D eigenvalue weighted by atomic mass is 35.5. The SMILES string of the molecule is NCc1c(CO)cc(Cl)nc1C(F)F. The molecule has 0 spiro atoms. The maximum Gasteiger partial charge on any atom is 0.280 e. The average molecular weight is 223 g/mol. The highest BCUT2D eigenvalue weighted by Crippen LogP contribution is 2.25. The predicted octanol–water partition coefficient (Wildman–Crippen LogP) is 1.62. The van der Waals surface area contributed by atoms with E-state index in [4.69, 9.17) is 22.4 Å². The summed E-state index contributed by atoms with van der Waals surface area (Å²) < 4.78 is 24.9. The van der Waals surface area contributed by atoms with Crippen LogP contribution < -0.4 is 5.73 Å². The molecule has 3 nitrogen and oxygen atoms in total. The first-order valence-corrected chi connectivity index (χ1v) is 4.25. The van der Waals surface area contributed by atoms with Crippen molar-refractivity contribution in [2.24, 2.45) is 5.73 Å². The zero-order chi connectivity index (χ0) is 10.7. The normalized spacial score (nSPS) is 11.0. The molecule has 6 heteroatoms. The maximum atomic E-state index is 12.5. The minimum absolute atomic E-state index is 0.0680. The predicted molar refractivity (Wildman–Crippen MR) is 48.0 cm³/mol. The van der Waals surface area contributed by atoms with Gasteiger partial charge in [0.25, 0.3) is 6.43 Å². The zero-order valence-corrected chi connectivity index (χ0v) is 7.93. The van der Waals surface area contributed by atoms with Gasteiger partial charge in [0, 0.05) is 6.54 Å². The van der Waals surface area contributed by atoms with Crippen molar-refractivity contribution in [2.45, 2.75) is 19.6 Å². The third-order valence-electron chi connectivity index (χ3n) is 1.80. The molecule has 14 heavy (non-hydrogen) atoms. The Balaban J connectivity index is 3.31. The first-order chi connectivity index (χ1) is 6.60. The van der Waals surface area contributed by atoms with E-state index in [0.29, 0.717) is 5.56 Å². The van der Waals surface area contributed by atoms with Crippen molar-refractivity contribution in [2.75, 3.05) is 0 Å². The third kappa shape index (κ3) is 2.17. The van der Waals surface area contributed by atoms with E-state index in [1.807, 2.05) is 0 Å². The molecule has 0 amide bonds. The Morgan fingerprint density at radius 3 is 2.64 bits per heavy atom. The summed E-state index contributed by atoms with van der Waals surface area (Å²) in [6.07, 6.45) is -2.74. The van der Waals surface area contributed by atoms with Crippen LogP contribution in [0.5, 0.6) is 0 Å². The number of aliphatic hydroxyl groups excluding tert-OH is 1. The summed E-state index contributed by atoms with van der Waals surface area (Å²) in [5.41, 5.74) is 5.29. The number of nitrogens with zero attached hydrogens (tertiary/aromatic N) is 1. The van der Waals surface area contributed by atoms with Crippen LogP contribution in [0.15, 0.2) is 6.07 Å². The number of pyridine rings is 1.